The number of benzene rings is 1. The van der Waals surface area contributed by atoms with Gasteiger partial charge in [0.1, 0.15) is 5.82 Å². The summed E-state index contributed by atoms with van der Waals surface area (Å²) in [5.74, 6) is 0.909. The fourth-order valence-electron chi connectivity index (χ4n) is 2.76. The molecule has 1 aromatic heterocycles. The number of nitrogens with zero attached hydrogens (tertiary/aromatic N) is 3. The summed E-state index contributed by atoms with van der Waals surface area (Å²) in [4.78, 5) is 11.7. The van der Waals surface area contributed by atoms with Crippen molar-refractivity contribution in [3.63, 3.8) is 0 Å². The van der Waals surface area contributed by atoms with Gasteiger partial charge in [-0.15, -0.1) is 0 Å². The van der Waals surface area contributed by atoms with Crippen LogP contribution in [0, 0.1) is 6.92 Å². The summed E-state index contributed by atoms with van der Waals surface area (Å²) in [7, 11) is 0. The minimum atomic E-state index is 0.862. The van der Waals surface area contributed by atoms with Crippen LogP contribution in [0.3, 0.4) is 0 Å². The molecule has 0 saturated carbocycles. The Morgan fingerprint density at radius 1 is 1.19 bits per heavy atom. The van der Waals surface area contributed by atoms with E-state index in [1.807, 2.05) is 6.20 Å². The zero-order valence-corrected chi connectivity index (χ0v) is 12.8. The Kier molecular flexibility index (Phi) is 4.15. The van der Waals surface area contributed by atoms with Crippen molar-refractivity contribution in [1.29, 1.82) is 0 Å². The highest BCUT2D eigenvalue weighted by atomic mass is 15.2. The Morgan fingerprint density at radius 3 is 2.67 bits per heavy atom. The monoisotopic (exact) mass is 282 g/mol. The standard InChI is InChI=1S/C17H22N4/c1-3-16-19-12-15(21-10-8-18-9-11-21)17(20-16)14-7-5-4-6-13(14)2/h4-7,12,18H,3,8-11H2,1-2H3. The lowest BCUT2D eigenvalue weighted by Gasteiger charge is -2.30. The fourth-order valence-corrected chi connectivity index (χ4v) is 2.76. The van der Waals surface area contributed by atoms with E-state index >= 15 is 0 Å². The molecule has 0 spiro atoms. The van der Waals surface area contributed by atoms with Gasteiger partial charge >= 0.3 is 0 Å². The first-order chi connectivity index (χ1) is 10.3. The molecular weight excluding hydrogens is 260 g/mol. The predicted molar refractivity (Wildman–Crippen MR) is 86.7 cm³/mol. The summed E-state index contributed by atoms with van der Waals surface area (Å²) in [5, 5.41) is 3.40. The lowest BCUT2D eigenvalue weighted by Crippen LogP contribution is -2.43. The van der Waals surface area contributed by atoms with E-state index in [4.69, 9.17) is 4.98 Å². The van der Waals surface area contributed by atoms with Gasteiger partial charge in [-0.05, 0) is 12.5 Å². The molecule has 2 heterocycles. The van der Waals surface area contributed by atoms with Crippen LogP contribution in [0.2, 0.25) is 0 Å². The smallest absolute Gasteiger partial charge is 0.128 e. The number of aryl methyl sites for hydroxylation is 2. The average molecular weight is 282 g/mol. The van der Waals surface area contributed by atoms with Gasteiger partial charge in [-0.1, -0.05) is 31.2 Å². The van der Waals surface area contributed by atoms with E-state index in [2.05, 4.69) is 53.3 Å². The molecule has 4 nitrogen and oxygen atoms in total. The third-order valence-electron chi connectivity index (χ3n) is 3.99. The Labute approximate surface area is 126 Å². The van der Waals surface area contributed by atoms with E-state index < -0.39 is 0 Å². The zero-order chi connectivity index (χ0) is 14.7. The quantitative estimate of drug-likeness (QED) is 0.938. The van der Waals surface area contributed by atoms with Crippen LogP contribution in [-0.4, -0.2) is 36.1 Å². The molecule has 0 atom stereocenters. The molecule has 0 unspecified atom stereocenters. The lowest BCUT2D eigenvalue weighted by atomic mass is 10.0. The van der Waals surface area contributed by atoms with Gasteiger partial charge in [-0.2, -0.15) is 0 Å². The Hall–Kier alpha value is -1.94. The third kappa shape index (κ3) is 2.90. The van der Waals surface area contributed by atoms with Crippen LogP contribution in [-0.2, 0) is 6.42 Å². The van der Waals surface area contributed by atoms with E-state index in [1.54, 1.807) is 0 Å². The van der Waals surface area contributed by atoms with Crippen molar-refractivity contribution >= 4 is 5.69 Å². The Balaban J connectivity index is 2.09. The molecule has 0 radical (unpaired) electrons. The molecule has 0 bridgehead atoms. The molecule has 0 aliphatic carbocycles. The van der Waals surface area contributed by atoms with Crippen molar-refractivity contribution in [1.82, 2.24) is 15.3 Å². The van der Waals surface area contributed by atoms with Crippen LogP contribution in [0.25, 0.3) is 11.3 Å². The minimum Gasteiger partial charge on any atom is -0.366 e. The van der Waals surface area contributed by atoms with Crippen molar-refractivity contribution in [3.05, 3.63) is 41.9 Å². The highest BCUT2D eigenvalue weighted by Crippen LogP contribution is 2.31. The van der Waals surface area contributed by atoms with Crippen LogP contribution in [0.5, 0.6) is 0 Å². The third-order valence-corrected chi connectivity index (χ3v) is 3.99. The molecule has 4 heteroatoms. The summed E-state index contributed by atoms with van der Waals surface area (Å²) in [6.45, 7) is 8.29. The molecule has 1 fully saturated rings. The van der Waals surface area contributed by atoms with E-state index in [0.717, 1.165) is 49.8 Å². The van der Waals surface area contributed by atoms with Crippen molar-refractivity contribution < 1.29 is 0 Å². The van der Waals surface area contributed by atoms with Gasteiger partial charge < -0.3 is 10.2 Å². The SMILES string of the molecule is CCc1ncc(N2CCNCC2)c(-c2ccccc2C)n1. The van der Waals surface area contributed by atoms with Crippen LogP contribution in [0.4, 0.5) is 5.69 Å². The molecule has 1 N–H and O–H groups in total. The van der Waals surface area contributed by atoms with Crippen LogP contribution in [0.1, 0.15) is 18.3 Å². The maximum absolute atomic E-state index is 4.82. The second-order valence-corrected chi connectivity index (χ2v) is 5.43. The van der Waals surface area contributed by atoms with Gasteiger partial charge in [0, 0.05) is 38.2 Å². The second-order valence-electron chi connectivity index (χ2n) is 5.43. The highest BCUT2D eigenvalue weighted by molar-refractivity contribution is 5.76. The average Bonchev–Trinajstić information content (AvgIpc) is 2.55. The van der Waals surface area contributed by atoms with E-state index in [9.17, 15) is 0 Å². The minimum absolute atomic E-state index is 0.862. The van der Waals surface area contributed by atoms with Gasteiger partial charge in [0.2, 0.25) is 0 Å². The number of hydrogen-bond donors (Lipinski definition) is 1. The van der Waals surface area contributed by atoms with Crippen LogP contribution < -0.4 is 10.2 Å². The van der Waals surface area contributed by atoms with Crippen molar-refractivity contribution in [2.45, 2.75) is 20.3 Å². The first-order valence-electron chi connectivity index (χ1n) is 7.67. The van der Waals surface area contributed by atoms with E-state index in [0.29, 0.717) is 0 Å². The molecule has 1 aliphatic rings. The van der Waals surface area contributed by atoms with Gasteiger partial charge in [0.15, 0.2) is 0 Å². The molecule has 1 aliphatic heterocycles. The predicted octanol–water partition coefficient (Wildman–Crippen LogP) is 2.42. The van der Waals surface area contributed by atoms with E-state index in [-0.39, 0.29) is 0 Å². The fraction of sp³-hybridized carbons (Fsp3) is 0.412. The summed E-state index contributed by atoms with van der Waals surface area (Å²) in [6, 6.07) is 8.45. The van der Waals surface area contributed by atoms with Gasteiger partial charge in [0.25, 0.3) is 0 Å². The molecular formula is C17H22N4. The summed E-state index contributed by atoms with van der Waals surface area (Å²) >= 11 is 0. The normalized spacial score (nSPS) is 15.2. The zero-order valence-electron chi connectivity index (χ0n) is 12.8. The molecule has 110 valence electrons. The number of anilines is 1. The topological polar surface area (TPSA) is 41.1 Å². The molecule has 2 aromatic rings. The van der Waals surface area contributed by atoms with E-state index in [1.165, 1.54) is 11.1 Å². The number of hydrogen-bond acceptors (Lipinski definition) is 4. The Morgan fingerprint density at radius 2 is 1.95 bits per heavy atom. The second kappa shape index (κ2) is 6.22. The van der Waals surface area contributed by atoms with Gasteiger partial charge in [0.05, 0.1) is 17.6 Å². The van der Waals surface area contributed by atoms with Gasteiger partial charge in [-0.25, -0.2) is 9.97 Å². The summed E-state index contributed by atoms with van der Waals surface area (Å²) in [5.41, 5.74) is 4.70. The number of rotatable bonds is 3. The maximum atomic E-state index is 4.82. The van der Waals surface area contributed by atoms with Crippen molar-refractivity contribution in [2.75, 3.05) is 31.1 Å². The molecule has 1 aromatic carbocycles. The number of nitrogens with one attached hydrogen (secondary N) is 1. The molecule has 21 heavy (non-hydrogen) atoms. The summed E-state index contributed by atoms with van der Waals surface area (Å²) < 4.78 is 0. The molecule has 0 amide bonds. The molecule has 3 rings (SSSR count). The van der Waals surface area contributed by atoms with Crippen LogP contribution in [0.15, 0.2) is 30.5 Å². The van der Waals surface area contributed by atoms with Crippen molar-refractivity contribution in [2.24, 2.45) is 0 Å². The number of aromatic nitrogens is 2. The van der Waals surface area contributed by atoms with Crippen molar-refractivity contribution in [3.8, 4) is 11.3 Å². The summed E-state index contributed by atoms with van der Waals surface area (Å²) in [6.07, 6.45) is 2.86. The lowest BCUT2D eigenvalue weighted by molar-refractivity contribution is 0.588. The van der Waals surface area contributed by atoms with Gasteiger partial charge in [-0.3, -0.25) is 0 Å². The van der Waals surface area contributed by atoms with Crippen LogP contribution >= 0.6 is 0 Å². The highest BCUT2D eigenvalue weighted by Gasteiger charge is 2.18. The maximum Gasteiger partial charge on any atom is 0.128 e. The first-order valence-corrected chi connectivity index (χ1v) is 7.67. The first kappa shape index (κ1) is 14.0. The molecule has 1 saturated heterocycles. The number of piperazine rings is 1. The largest absolute Gasteiger partial charge is 0.366 e. The Bertz CT molecular complexity index is 618.